The molecule has 0 saturated heterocycles. The molecule has 0 unspecified atom stereocenters. The molecule has 0 aliphatic carbocycles. The Hall–Kier alpha value is -1.21. The molecule has 208 valence electrons. The van der Waals surface area contributed by atoms with Crippen LogP contribution in [-0.2, 0) is 20.6 Å². The predicted molar refractivity (Wildman–Crippen MR) is 152 cm³/mol. The van der Waals surface area contributed by atoms with Gasteiger partial charge < -0.3 is 19.0 Å². The molecule has 1 N–H and O–H groups in total. The molecule has 0 aliphatic rings. The highest BCUT2D eigenvalue weighted by molar-refractivity contribution is 6.74. The zero-order valence-electron chi connectivity index (χ0n) is 25.2. The molecule has 0 radical (unpaired) electrons. The first-order valence-corrected chi connectivity index (χ1v) is 16.5. The summed E-state index contributed by atoms with van der Waals surface area (Å²) in [6, 6.07) is 7.81. The molecule has 6 atom stereocenters. The Bertz CT molecular complexity index is 797. The van der Waals surface area contributed by atoms with Gasteiger partial charge in [0.2, 0.25) is 0 Å². The van der Waals surface area contributed by atoms with E-state index in [1.165, 1.54) is 0 Å². The van der Waals surface area contributed by atoms with Crippen molar-refractivity contribution >= 4 is 14.1 Å². The number of Topliss-reactive ketones (excluding diaryl/α,β-unsaturated/α-hetero) is 1. The number of carbonyl (C=O) groups is 1. The lowest BCUT2D eigenvalue weighted by Crippen LogP contribution is -2.50. The predicted octanol–water partition coefficient (Wildman–Crippen LogP) is 7.12. The summed E-state index contributed by atoms with van der Waals surface area (Å²) >= 11 is 0. The van der Waals surface area contributed by atoms with E-state index in [1.807, 2.05) is 45.0 Å². The fourth-order valence-corrected chi connectivity index (χ4v) is 6.10. The van der Waals surface area contributed by atoms with Crippen molar-refractivity contribution in [2.24, 2.45) is 29.6 Å². The van der Waals surface area contributed by atoms with Gasteiger partial charge in [-0.25, -0.2) is 0 Å². The molecule has 0 heterocycles. The molecule has 0 aliphatic heterocycles. The molecule has 0 aromatic heterocycles. The van der Waals surface area contributed by atoms with E-state index in [9.17, 15) is 9.90 Å². The Morgan fingerprint density at radius 1 is 0.889 bits per heavy atom. The van der Waals surface area contributed by atoms with Gasteiger partial charge in [0.1, 0.15) is 11.5 Å². The van der Waals surface area contributed by atoms with Crippen LogP contribution in [0.15, 0.2) is 24.3 Å². The van der Waals surface area contributed by atoms with Crippen molar-refractivity contribution in [1.29, 1.82) is 0 Å². The van der Waals surface area contributed by atoms with Gasteiger partial charge in [-0.1, -0.05) is 81.4 Å². The number of hydrogen-bond donors (Lipinski definition) is 1. The molecule has 1 rings (SSSR count). The summed E-state index contributed by atoms with van der Waals surface area (Å²) in [7, 11) is -0.399. The highest BCUT2D eigenvalue weighted by atomic mass is 28.4. The van der Waals surface area contributed by atoms with Crippen LogP contribution >= 0.6 is 0 Å². The van der Waals surface area contributed by atoms with Gasteiger partial charge >= 0.3 is 0 Å². The number of carbonyl (C=O) groups excluding carboxylic acids is 1. The highest BCUT2D eigenvalue weighted by Gasteiger charge is 2.43. The Labute approximate surface area is 222 Å². The lowest BCUT2D eigenvalue weighted by molar-refractivity contribution is -0.137. The Balaban J connectivity index is 2.96. The Morgan fingerprint density at radius 2 is 1.39 bits per heavy atom. The number of aliphatic hydroxyl groups excluding tert-OH is 1. The summed E-state index contributed by atoms with van der Waals surface area (Å²) in [5.74, 6) is 0.257. The van der Waals surface area contributed by atoms with Gasteiger partial charge in [0.25, 0.3) is 0 Å². The molecule has 36 heavy (non-hydrogen) atoms. The van der Waals surface area contributed by atoms with Crippen LogP contribution in [0.1, 0.15) is 74.8 Å². The van der Waals surface area contributed by atoms with Crippen LogP contribution in [0.2, 0.25) is 18.1 Å². The number of rotatable bonds is 14. The van der Waals surface area contributed by atoms with Crippen LogP contribution < -0.4 is 4.74 Å². The fraction of sp³-hybridized carbons (Fsp3) is 0.767. The third-order valence-corrected chi connectivity index (χ3v) is 12.6. The van der Waals surface area contributed by atoms with E-state index in [-0.39, 0.29) is 46.7 Å². The van der Waals surface area contributed by atoms with Gasteiger partial charge in [-0.2, -0.15) is 0 Å². The molecule has 1 aromatic rings. The molecule has 5 nitrogen and oxygen atoms in total. The van der Waals surface area contributed by atoms with E-state index in [4.69, 9.17) is 13.9 Å². The number of benzene rings is 1. The van der Waals surface area contributed by atoms with Crippen LogP contribution in [0.3, 0.4) is 0 Å². The maximum atomic E-state index is 13.6. The van der Waals surface area contributed by atoms with Crippen LogP contribution in [-0.4, -0.2) is 44.6 Å². The maximum Gasteiger partial charge on any atom is 0.192 e. The van der Waals surface area contributed by atoms with Gasteiger partial charge in [0.15, 0.2) is 8.32 Å². The molecule has 0 saturated carbocycles. The SMILES string of the molecule is COc1ccc(CO[C@@H](C(C)C)[C@H](C)[C@H](O)[C@@H](C)C(=O)[C@@H](C)[C@H](O[Si](C)(C)C(C)(C)C)C(C)C)cc1. The van der Waals surface area contributed by atoms with Gasteiger partial charge in [0, 0.05) is 17.8 Å². The minimum atomic E-state index is -2.05. The second kappa shape index (κ2) is 13.5. The molecule has 0 spiro atoms. The molecular weight excluding hydrogens is 468 g/mol. The monoisotopic (exact) mass is 522 g/mol. The first-order valence-electron chi connectivity index (χ1n) is 13.6. The molecule has 6 heteroatoms. The van der Waals surface area contributed by atoms with E-state index in [2.05, 4.69) is 61.6 Å². The summed E-state index contributed by atoms with van der Waals surface area (Å²) in [5, 5.41) is 11.4. The molecule has 0 amide bonds. The molecule has 0 bridgehead atoms. The third kappa shape index (κ3) is 8.68. The smallest absolute Gasteiger partial charge is 0.192 e. The number of ketones is 1. The molecule has 0 fully saturated rings. The van der Waals surface area contributed by atoms with Crippen LogP contribution in [0.4, 0.5) is 0 Å². The highest BCUT2D eigenvalue weighted by Crippen LogP contribution is 2.39. The topological polar surface area (TPSA) is 65.0 Å². The average molecular weight is 523 g/mol. The minimum absolute atomic E-state index is 0.0596. The van der Waals surface area contributed by atoms with Gasteiger partial charge in [-0.15, -0.1) is 0 Å². The first kappa shape index (κ1) is 32.8. The van der Waals surface area contributed by atoms with Crippen molar-refractivity contribution in [3.63, 3.8) is 0 Å². The van der Waals surface area contributed by atoms with Crippen molar-refractivity contribution in [2.45, 2.75) is 112 Å². The number of methoxy groups -OCH3 is 1. The van der Waals surface area contributed by atoms with E-state index in [0.29, 0.717) is 6.61 Å². The molecular formula is C30H54O5Si. The van der Waals surface area contributed by atoms with Crippen molar-refractivity contribution in [3.05, 3.63) is 29.8 Å². The Kier molecular flexibility index (Phi) is 12.3. The fourth-order valence-electron chi connectivity index (χ4n) is 4.59. The first-order chi connectivity index (χ1) is 16.4. The average Bonchev–Trinajstić information content (AvgIpc) is 2.79. The quantitative estimate of drug-likeness (QED) is 0.264. The summed E-state index contributed by atoms with van der Waals surface area (Å²) in [6.45, 7) is 25.8. The Morgan fingerprint density at radius 3 is 1.81 bits per heavy atom. The van der Waals surface area contributed by atoms with Gasteiger partial charge in [-0.05, 0) is 47.7 Å². The van der Waals surface area contributed by atoms with E-state index in [0.717, 1.165) is 11.3 Å². The second-order valence-electron chi connectivity index (χ2n) is 12.8. The van der Waals surface area contributed by atoms with E-state index >= 15 is 0 Å². The lowest BCUT2D eigenvalue weighted by atomic mass is 9.78. The van der Waals surface area contributed by atoms with Gasteiger partial charge in [-0.3, -0.25) is 4.79 Å². The van der Waals surface area contributed by atoms with Crippen molar-refractivity contribution in [2.75, 3.05) is 7.11 Å². The van der Waals surface area contributed by atoms with Gasteiger partial charge in [0.05, 0.1) is 32.0 Å². The standard InChI is InChI=1S/C30H54O5Si/c1-19(2)28(34-18-24-14-16-25(33-11)17-15-24)22(6)26(31)21(5)27(32)23(7)29(20(3)4)35-36(12,13)30(8,9)10/h14-17,19-23,26,28-29,31H,18H2,1-13H3/t21-,22-,23-,26-,28+,29-/m1/s1. The van der Waals surface area contributed by atoms with E-state index < -0.39 is 20.3 Å². The van der Waals surface area contributed by atoms with E-state index in [1.54, 1.807) is 7.11 Å². The van der Waals surface area contributed by atoms with Crippen molar-refractivity contribution in [3.8, 4) is 5.75 Å². The number of hydrogen-bond acceptors (Lipinski definition) is 5. The normalized spacial score (nSPS) is 18.0. The number of aliphatic hydroxyl groups is 1. The third-order valence-electron chi connectivity index (χ3n) is 8.11. The lowest BCUT2D eigenvalue weighted by Gasteiger charge is -2.42. The summed E-state index contributed by atoms with van der Waals surface area (Å²) in [5.41, 5.74) is 1.04. The summed E-state index contributed by atoms with van der Waals surface area (Å²) in [6.07, 6.45) is -1.16. The largest absolute Gasteiger partial charge is 0.497 e. The minimum Gasteiger partial charge on any atom is -0.497 e. The zero-order chi connectivity index (χ0) is 28.0. The second-order valence-corrected chi connectivity index (χ2v) is 17.5. The zero-order valence-corrected chi connectivity index (χ0v) is 26.2. The maximum absolute atomic E-state index is 13.6. The van der Waals surface area contributed by atoms with Crippen molar-refractivity contribution in [1.82, 2.24) is 0 Å². The summed E-state index contributed by atoms with van der Waals surface area (Å²) < 4.78 is 18.3. The van der Waals surface area contributed by atoms with Crippen LogP contribution in [0, 0.1) is 29.6 Å². The summed E-state index contributed by atoms with van der Waals surface area (Å²) in [4.78, 5) is 13.6. The van der Waals surface area contributed by atoms with Crippen LogP contribution in [0.25, 0.3) is 0 Å². The molecule has 1 aromatic carbocycles. The number of ether oxygens (including phenoxy) is 2. The van der Waals surface area contributed by atoms with Crippen molar-refractivity contribution < 1.29 is 23.8 Å². The van der Waals surface area contributed by atoms with Crippen LogP contribution in [0.5, 0.6) is 5.75 Å².